The highest BCUT2D eigenvalue weighted by Crippen LogP contribution is 2.38. The zero-order valence-electron chi connectivity index (χ0n) is 17.4. The quantitative estimate of drug-likeness (QED) is 0.401. The predicted octanol–water partition coefficient (Wildman–Crippen LogP) is 5.05. The third-order valence-electron chi connectivity index (χ3n) is 5.24. The number of rotatable bonds is 7. The summed E-state index contributed by atoms with van der Waals surface area (Å²) in [6, 6.07) is 16.1. The minimum Gasteiger partial charge on any atom is -0.488 e. The minimum absolute atomic E-state index is 0.351. The van der Waals surface area contributed by atoms with Crippen molar-refractivity contribution in [2.24, 2.45) is 0 Å². The molecule has 5 rings (SSSR count). The molecule has 0 atom stereocenters. The highest BCUT2D eigenvalue weighted by atomic mass is 16.5. The van der Waals surface area contributed by atoms with Crippen LogP contribution in [0.15, 0.2) is 59.3 Å². The summed E-state index contributed by atoms with van der Waals surface area (Å²) in [5.74, 6) is 1.83. The Bertz CT molecular complexity index is 1340. The van der Waals surface area contributed by atoms with Crippen LogP contribution in [0.3, 0.4) is 0 Å². The fraction of sp³-hybridized carbons (Fsp3) is 0.208. The maximum absolute atomic E-state index is 6.24. The summed E-state index contributed by atoms with van der Waals surface area (Å²) >= 11 is 0. The molecule has 3 heterocycles. The molecule has 156 valence electrons. The van der Waals surface area contributed by atoms with E-state index >= 15 is 0 Å². The summed E-state index contributed by atoms with van der Waals surface area (Å²) in [5.41, 5.74) is 4.49. The summed E-state index contributed by atoms with van der Waals surface area (Å²) < 4.78 is 17.3. The molecular weight excluding hydrogens is 392 g/mol. The van der Waals surface area contributed by atoms with Gasteiger partial charge in [0.1, 0.15) is 18.1 Å². The van der Waals surface area contributed by atoms with Crippen LogP contribution in [0.2, 0.25) is 0 Å². The highest BCUT2D eigenvalue weighted by Gasteiger charge is 2.21. The van der Waals surface area contributed by atoms with Crippen molar-refractivity contribution < 1.29 is 14.0 Å². The number of methoxy groups -OCH3 is 1. The number of pyridine rings is 1. The molecule has 0 fully saturated rings. The van der Waals surface area contributed by atoms with Crippen LogP contribution >= 0.6 is 0 Å². The summed E-state index contributed by atoms with van der Waals surface area (Å²) in [6.07, 6.45) is 2.48. The molecule has 5 aromatic rings. The lowest BCUT2D eigenvalue weighted by atomic mass is 10.0. The van der Waals surface area contributed by atoms with Crippen molar-refractivity contribution in [2.75, 3.05) is 7.11 Å². The van der Waals surface area contributed by atoms with E-state index in [1.165, 1.54) is 0 Å². The SMILES string of the molecule is CCc1noc(-c2ncc3[nH]c4cccc(OCc5ccccc5)c4c3c2COC)n1. The second kappa shape index (κ2) is 8.20. The Balaban J connectivity index is 1.68. The third kappa shape index (κ3) is 3.53. The number of fused-ring (bicyclic) bond motifs is 3. The Labute approximate surface area is 179 Å². The van der Waals surface area contributed by atoms with Crippen LogP contribution in [0.4, 0.5) is 0 Å². The van der Waals surface area contributed by atoms with Gasteiger partial charge in [-0.1, -0.05) is 48.5 Å². The lowest BCUT2D eigenvalue weighted by Gasteiger charge is -2.10. The van der Waals surface area contributed by atoms with E-state index in [9.17, 15) is 0 Å². The zero-order valence-corrected chi connectivity index (χ0v) is 17.4. The van der Waals surface area contributed by atoms with Gasteiger partial charge in [-0.05, 0) is 17.7 Å². The Morgan fingerprint density at radius 3 is 2.61 bits per heavy atom. The Kier molecular flexibility index (Phi) is 5.09. The van der Waals surface area contributed by atoms with Crippen molar-refractivity contribution in [1.82, 2.24) is 20.1 Å². The van der Waals surface area contributed by atoms with Crippen molar-refractivity contribution >= 4 is 21.8 Å². The summed E-state index contributed by atoms with van der Waals surface area (Å²) in [5, 5.41) is 6.00. The number of nitrogens with one attached hydrogen (secondary N) is 1. The van der Waals surface area contributed by atoms with Crippen LogP contribution in [0.1, 0.15) is 23.9 Å². The normalized spacial score (nSPS) is 11.4. The minimum atomic E-state index is 0.351. The van der Waals surface area contributed by atoms with E-state index < -0.39 is 0 Å². The fourth-order valence-electron chi connectivity index (χ4n) is 3.79. The number of benzene rings is 2. The van der Waals surface area contributed by atoms with Crippen molar-refractivity contribution in [3.8, 4) is 17.3 Å². The van der Waals surface area contributed by atoms with Crippen molar-refractivity contribution in [2.45, 2.75) is 26.6 Å². The first-order chi connectivity index (χ1) is 15.3. The van der Waals surface area contributed by atoms with Crippen molar-refractivity contribution in [3.63, 3.8) is 0 Å². The molecule has 1 N–H and O–H groups in total. The molecule has 0 saturated carbocycles. The molecule has 7 heteroatoms. The van der Waals surface area contributed by atoms with Crippen LogP contribution in [-0.4, -0.2) is 27.2 Å². The van der Waals surface area contributed by atoms with Crippen LogP contribution < -0.4 is 4.74 Å². The number of nitrogens with zero attached hydrogens (tertiary/aromatic N) is 3. The molecule has 0 unspecified atom stereocenters. The average Bonchev–Trinajstić information content (AvgIpc) is 3.43. The Morgan fingerprint density at radius 2 is 1.84 bits per heavy atom. The van der Waals surface area contributed by atoms with Gasteiger partial charge in [0.15, 0.2) is 5.82 Å². The Morgan fingerprint density at radius 1 is 0.968 bits per heavy atom. The van der Waals surface area contributed by atoms with Crippen molar-refractivity contribution in [1.29, 1.82) is 0 Å². The van der Waals surface area contributed by atoms with Crippen LogP contribution in [0.5, 0.6) is 5.75 Å². The van der Waals surface area contributed by atoms with Crippen LogP contribution in [0.25, 0.3) is 33.4 Å². The summed E-state index contributed by atoms with van der Waals surface area (Å²) in [7, 11) is 1.66. The molecule has 2 aromatic carbocycles. The molecule has 0 spiro atoms. The summed E-state index contributed by atoms with van der Waals surface area (Å²) in [6.45, 7) is 2.81. The maximum Gasteiger partial charge on any atom is 0.276 e. The van der Waals surface area contributed by atoms with Crippen LogP contribution in [-0.2, 0) is 24.4 Å². The van der Waals surface area contributed by atoms with E-state index in [1.54, 1.807) is 13.3 Å². The first kappa shape index (κ1) is 19.3. The fourth-order valence-corrected chi connectivity index (χ4v) is 3.79. The second-order valence-electron chi connectivity index (χ2n) is 7.25. The zero-order chi connectivity index (χ0) is 21.2. The second-order valence-corrected chi connectivity index (χ2v) is 7.25. The van der Waals surface area contributed by atoms with Gasteiger partial charge in [0.25, 0.3) is 5.89 Å². The van der Waals surface area contributed by atoms with Gasteiger partial charge in [-0.3, -0.25) is 0 Å². The van der Waals surface area contributed by atoms with Crippen LogP contribution in [0, 0.1) is 0 Å². The average molecular weight is 414 g/mol. The number of hydrogen-bond acceptors (Lipinski definition) is 6. The molecule has 0 aliphatic carbocycles. The molecule has 0 aliphatic rings. The number of aromatic amines is 1. The standard InChI is InChI=1S/C24H22N4O3/c1-3-20-27-24(31-28-20)23-16(14-29-2)21-18(12-25-23)26-17-10-7-11-19(22(17)21)30-13-15-8-5-4-6-9-15/h4-12,26H,3,13-14H2,1-2H3. The van der Waals surface area contributed by atoms with Gasteiger partial charge >= 0.3 is 0 Å². The van der Waals surface area contributed by atoms with E-state index in [0.29, 0.717) is 37.0 Å². The molecule has 31 heavy (non-hydrogen) atoms. The molecular formula is C24H22N4O3. The number of aryl methyl sites for hydroxylation is 1. The van der Waals surface area contributed by atoms with Gasteiger partial charge in [-0.2, -0.15) is 4.98 Å². The number of H-pyrrole nitrogens is 1. The van der Waals surface area contributed by atoms with E-state index in [0.717, 1.165) is 38.7 Å². The van der Waals surface area contributed by atoms with Gasteiger partial charge in [0.05, 0.1) is 23.8 Å². The van der Waals surface area contributed by atoms with E-state index in [1.807, 2.05) is 43.3 Å². The van der Waals surface area contributed by atoms with E-state index in [4.69, 9.17) is 14.0 Å². The first-order valence-corrected chi connectivity index (χ1v) is 10.2. The van der Waals surface area contributed by atoms with Gasteiger partial charge in [-0.15, -0.1) is 0 Å². The van der Waals surface area contributed by atoms with Gasteiger partial charge < -0.3 is 19.0 Å². The molecule has 0 amide bonds. The predicted molar refractivity (Wildman–Crippen MR) is 118 cm³/mol. The number of hydrogen-bond donors (Lipinski definition) is 1. The summed E-state index contributed by atoms with van der Waals surface area (Å²) in [4.78, 5) is 12.5. The van der Waals surface area contributed by atoms with Gasteiger partial charge in [-0.25, -0.2) is 4.98 Å². The molecule has 7 nitrogen and oxygen atoms in total. The molecule has 3 aromatic heterocycles. The molecule has 0 saturated heterocycles. The molecule has 0 bridgehead atoms. The van der Waals surface area contributed by atoms with E-state index in [2.05, 4.69) is 32.2 Å². The highest BCUT2D eigenvalue weighted by molar-refractivity contribution is 6.12. The monoisotopic (exact) mass is 414 g/mol. The maximum atomic E-state index is 6.24. The Hall–Kier alpha value is -3.71. The smallest absolute Gasteiger partial charge is 0.276 e. The number of aromatic nitrogens is 4. The van der Waals surface area contributed by atoms with Crippen molar-refractivity contribution in [3.05, 3.63) is 71.7 Å². The first-order valence-electron chi connectivity index (χ1n) is 10.2. The van der Waals surface area contributed by atoms with Gasteiger partial charge in [0.2, 0.25) is 0 Å². The number of ether oxygens (including phenoxy) is 2. The topological polar surface area (TPSA) is 86.1 Å². The largest absolute Gasteiger partial charge is 0.488 e. The van der Waals surface area contributed by atoms with E-state index in [-0.39, 0.29) is 0 Å². The lowest BCUT2D eigenvalue weighted by Crippen LogP contribution is -1.98. The lowest BCUT2D eigenvalue weighted by molar-refractivity contribution is 0.186. The van der Waals surface area contributed by atoms with Gasteiger partial charge in [0, 0.05) is 29.9 Å². The molecule has 0 radical (unpaired) electrons. The third-order valence-corrected chi connectivity index (χ3v) is 5.24. The molecule has 0 aliphatic heterocycles.